The van der Waals surface area contributed by atoms with Gasteiger partial charge in [0.2, 0.25) is 17.7 Å². The highest BCUT2D eigenvalue weighted by Crippen LogP contribution is 2.45. The molecule has 2 aliphatic carbocycles. The number of amides is 4. The second-order valence-electron chi connectivity index (χ2n) is 21.0. The highest BCUT2D eigenvalue weighted by Gasteiger charge is 2.45. The number of aliphatic hydroxyl groups excluding tert-OH is 2. The molecule has 2 fully saturated rings. The number of rotatable bonds is 21. The van der Waals surface area contributed by atoms with Gasteiger partial charge in [-0.25, -0.2) is 9.78 Å². The van der Waals surface area contributed by atoms with Crippen LogP contribution in [0.4, 0.5) is 4.79 Å². The maximum Gasteiger partial charge on any atom is 0.407 e. The van der Waals surface area contributed by atoms with Crippen LogP contribution in [0.1, 0.15) is 142 Å². The molecule has 1 aromatic heterocycles. The normalized spacial score (nSPS) is 26.3. The summed E-state index contributed by atoms with van der Waals surface area (Å²) in [5.74, 6) is -0.370. The molecule has 5 N–H and O–H groups in total. The van der Waals surface area contributed by atoms with Crippen molar-refractivity contribution in [2.75, 3.05) is 13.1 Å². The van der Waals surface area contributed by atoms with Crippen molar-refractivity contribution in [3.05, 3.63) is 64.8 Å². The van der Waals surface area contributed by atoms with Crippen LogP contribution in [-0.2, 0) is 35.2 Å². The lowest BCUT2D eigenvalue weighted by atomic mass is 9.65. The number of benzene rings is 1. The fourth-order valence-electron chi connectivity index (χ4n) is 10.5. The average Bonchev–Trinajstić information content (AvgIpc) is 3.90. The van der Waals surface area contributed by atoms with Crippen molar-refractivity contribution in [3.63, 3.8) is 0 Å². The number of thiazole rings is 1. The number of allylic oxidation sites excluding steroid dienone is 3. The van der Waals surface area contributed by atoms with Gasteiger partial charge in [-0.3, -0.25) is 19.2 Å². The van der Waals surface area contributed by atoms with Crippen LogP contribution in [0.15, 0.2) is 53.6 Å². The van der Waals surface area contributed by atoms with Gasteiger partial charge in [0.25, 0.3) is 0 Å². The van der Waals surface area contributed by atoms with Crippen molar-refractivity contribution in [3.8, 4) is 10.4 Å². The summed E-state index contributed by atoms with van der Waals surface area (Å²) in [5, 5.41) is 29.6. The minimum absolute atomic E-state index is 0.0284. The Bertz CT molecular complexity index is 2080. The van der Waals surface area contributed by atoms with Crippen LogP contribution in [0, 0.1) is 36.0 Å². The minimum Gasteiger partial charge on any atom is -0.462 e. The van der Waals surface area contributed by atoms with Crippen LogP contribution in [0.5, 0.6) is 0 Å². The zero-order valence-corrected chi connectivity index (χ0v) is 42.0. The van der Waals surface area contributed by atoms with Gasteiger partial charge in [0, 0.05) is 44.8 Å². The van der Waals surface area contributed by atoms with E-state index >= 15 is 0 Å². The van der Waals surface area contributed by atoms with Gasteiger partial charge in [-0.15, -0.1) is 11.3 Å². The zero-order chi connectivity index (χ0) is 49.0. The van der Waals surface area contributed by atoms with Crippen molar-refractivity contribution >= 4 is 41.1 Å². The molecule has 1 unspecified atom stereocenters. The summed E-state index contributed by atoms with van der Waals surface area (Å²) >= 11 is 1.58. The Hall–Kier alpha value is -4.60. The molecule has 0 saturated carbocycles. The molecule has 4 amide bonds. The van der Waals surface area contributed by atoms with E-state index in [1.807, 2.05) is 57.5 Å². The molecule has 2 aromatic rings. The number of hydrogen-bond acceptors (Lipinski definition) is 11. The summed E-state index contributed by atoms with van der Waals surface area (Å²) in [6.07, 6.45) is 15.1. The predicted octanol–water partition coefficient (Wildman–Crippen LogP) is 8.08. The Morgan fingerprint density at radius 2 is 1.63 bits per heavy atom. The molecular formula is C53H77N5O9S. The van der Waals surface area contributed by atoms with Crippen LogP contribution in [-0.4, -0.2) is 99.5 Å². The molecule has 0 radical (unpaired) electrons. The quantitative estimate of drug-likeness (QED) is 0.0603. The van der Waals surface area contributed by atoms with E-state index in [2.05, 4.69) is 53.0 Å². The number of carbonyl (C=O) groups is 5. The summed E-state index contributed by atoms with van der Waals surface area (Å²) < 4.78 is 11.7. The predicted molar refractivity (Wildman–Crippen MR) is 263 cm³/mol. The molecule has 0 spiro atoms. The first kappa shape index (κ1) is 52.8. The molecule has 2 saturated heterocycles. The van der Waals surface area contributed by atoms with Crippen LogP contribution in [0.2, 0.25) is 0 Å². The SMILES string of the molecule is Cc1ncsc1-c1ccc(CNC(=O)[C@@H]2C[C@@H](O)CN2C(=O)[C@H](NC(=O)CCCCCCCCCCNC(=O)OC2C[C@@H](C)C=C3C=C[C@H](C)[C@H](CC[C@@H]4C[C@@H](O)CC(=O)O4)[C@H]32)C(C)(C)C)cc1. The largest absolute Gasteiger partial charge is 0.462 e. The number of ether oxygens (including phenoxy) is 2. The molecule has 15 heteroatoms. The van der Waals surface area contributed by atoms with E-state index in [0.29, 0.717) is 32.2 Å². The van der Waals surface area contributed by atoms with Crippen LogP contribution in [0.3, 0.4) is 0 Å². The summed E-state index contributed by atoms with van der Waals surface area (Å²) in [4.78, 5) is 72.5. The lowest BCUT2D eigenvalue weighted by molar-refractivity contribution is -0.160. The number of unbranched alkanes of at least 4 members (excludes halogenated alkanes) is 7. The number of carbonyl (C=O) groups excluding carboxylic acids is 5. The number of aromatic nitrogens is 1. The van der Waals surface area contributed by atoms with E-state index in [1.165, 1.54) is 10.5 Å². The summed E-state index contributed by atoms with van der Waals surface area (Å²) in [7, 11) is 0. The lowest BCUT2D eigenvalue weighted by Crippen LogP contribution is -2.57. The number of β-amino-alcohol motifs (C(OH)–C–C–N with tert-alkyl or cyclic N) is 1. The second kappa shape index (κ2) is 24.8. The van der Waals surface area contributed by atoms with Gasteiger partial charge in [0.15, 0.2) is 0 Å². The number of nitrogens with one attached hydrogen (secondary N) is 3. The summed E-state index contributed by atoms with van der Waals surface area (Å²) in [5.41, 5.74) is 5.36. The number of aliphatic hydroxyl groups is 2. The Kier molecular flexibility index (Phi) is 19.2. The van der Waals surface area contributed by atoms with Gasteiger partial charge in [-0.1, -0.05) is 116 Å². The fourth-order valence-corrected chi connectivity index (χ4v) is 11.3. The third-order valence-electron chi connectivity index (χ3n) is 14.2. The van der Waals surface area contributed by atoms with Crippen molar-refractivity contribution in [1.82, 2.24) is 25.8 Å². The summed E-state index contributed by atoms with van der Waals surface area (Å²) in [6.45, 7) is 12.9. The number of alkyl carbamates (subject to hydrolysis) is 1. The lowest BCUT2D eigenvalue weighted by Gasteiger charge is -2.43. The highest BCUT2D eigenvalue weighted by molar-refractivity contribution is 7.13. The number of fused-ring (bicyclic) bond motifs is 1. The Morgan fingerprint density at radius 1 is 0.926 bits per heavy atom. The van der Waals surface area contributed by atoms with E-state index in [9.17, 15) is 34.2 Å². The van der Waals surface area contributed by atoms with E-state index < -0.39 is 29.7 Å². The number of aryl methyl sites for hydroxylation is 1. The van der Waals surface area contributed by atoms with Gasteiger partial charge in [0.1, 0.15) is 24.3 Å². The third-order valence-corrected chi connectivity index (χ3v) is 15.2. The highest BCUT2D eigenvalue weighted by atomic mass is 32.1. The maximum atomic E-state index is 14.0. The zero-order valence-electron chi connectivity index (χ0n) is 41.2. The molecule has 68 heavy (non-hydrogen) atoms. The van der Waals surface area contributed by atoms with Crippen molar-refractivity contribution < 1.29 is 43.7 Å². The van der Waals surface area contributed by atoms with Gasteiger partial charge >= 0.3 is 12.1 Å². The van der Waals surface area contributed by atoms with Crippen LogP contribution >= 0.6 is 11.3 Å². The van der Waals surface area contributed by atoms with Gasteiger partial charge in [-0.2, -0.15) is 0 Å². The van der Waals surface area contributed by atoms with Gasteiger partial charge in [0.05, 0.1) is 34.7 Å². The molecular weight excluding hydrogens is 883 g/mol. The standard InChI is InChI=1S/C53H77N5O9S/c1-33-25-38-19-16-34(2)42(23-22-41-27-39(59)29-46(62)66-41)47(38)44(26-33)67-52(65)54-24-14-12-10-8-7-9-11-13-15-45(61)57-49(53(4,5)6)51(64)58-31-40(60)28-43(58)50(63)55-30-36-17-20-37(21-18-36)48-35(3)56-32-68-48/h16-21,25,32-34,39-44,47,49,59-60H,7-15,22-24,26-31H2,1-6H3,(H,54,65)(H,55,63)(H,57,61)/t33-,34-,39+,40+,41+,42-,43-,44?,47-,49-/m0/s1. The maximum absolute atomic E-state index is 14.0. The van der Waals surface area contributed by atoms with E-state index in [-0.39, 0.29) is 91.6 Å². The van der Waals surface area contributed by atoms with Gasteiger partial charge < -0.3 is 40.5 Å². The number of nitrogens with zero attached hydrogens (tertiary/aromatic N) is 2. The Labute approximate surface area is 407 Å². The Balaban J connectivity index is 0.842. The molecule has 10 atom stereocenters. The smallest absolute Gasteiger partial charge is 0.407 e. The number of cyclic esters (lactones) is 1. The van der Waals surface area contributed by atoms with E-state index in [1.54, 1.807) is 11.3 Å². The number of hydrogen-bond donors (Lipinski definition) is 5. The average molecular weight is 960 g/mol. The molecule has 4 aliphatic rings. The molecule has 1 aromatic carbocycles. The third kappa shape index (κ3) is 15.0. The van der Waals surface area contributed by atoms with Crippen molar-refractivity contribution in [1.29, 1.82) is 0 Å². The topological polar surface area (TPSA) is 196 Å². The first-order valence-electron chi connectivity index (χ1n) is 25.2. The van der Waals surface area contributed by atoms with Crippen LogP contribution in [0.25, 0.3) is 10.4 Å². The minimum atomic E-state index is -0.857. The first-order chi connectivity index (χ1) is 32.5. The molecule has 14 nitrogen and oxygen atoms in total. The van der Waals surface area contributed by atoms with Crippen molar-refractivity contribution in [2.24, 2.45) is 29.1 Å². The van der Waals surface area contributed by atoms with Crippen LogP contribution < -0.4 is 16.0 Å². The van der Waals surface area contributed by atoms with Gasteiger partial charge in [-0.05, 0) is 78.9 Å². The van der Waals surface area contributed by atoms with E-state index in [0.717, 1.165) is 79.5 Å². The van der Waals surface area contributed by atoms with Crippen molar-refractivity contribution in [2.45, 2.75) is 181 Å². The first-order valence-corrected chi connectivity index (χ1v) is 26.1. The molecule has 6 rings (SSSR count). The van der Waals surface area contributed by atoms with E-state index in [4.69, 9.17) is 9.47 Å². The molecule has 374 valence electrons. The molecule has 3 heterocycles. The number of esters is 1. The summed E-state index contributed by atoms with van der Waals surface area (Å²) in [6, 6.07) is 6.23. The monoisotopic (exact) mass is 960 g/mol. The number of likely N-dealkylation sites (tertiary alicyclic amines) is 1. The molecule has 0 bridgehead atoms. The molecule has 2 aliphatic heterocycles. The second-order valence-corrected chi connectivity index (χ2v) is 21.8. The Morgan fingerprint density at radius 3 is 2.31 bits per heavy atom. The fraction of sp³-hybridized carbons (Fsp3) is 0.660.